The molecule has 0 spiro atoms. The van der Waals surface area contributed by atoms with Gasteiger partial charge >= 0.3 is 0 Å². The Morgan fingerprint density at radius 3 is 2.74 bits per heavy atom. The topological polar surface area (TPSA) is 75.3 Å². The van der Waals surface area contributed by atoms with Crippen LogP contribution in [0.25, 0.3) is 0 Å². The zero-order valence-electron chi connectivity index (χ0n) is 13.4. The number of sulfone groups is 1. The van der Waals surface area contributed by atoms with Gasteiger partial charge in [-0.3, -0.25) is 4.79 Å². The van der Waals surface area contributed by atoms with E-state index < -0.39 is 9.84 Å². The Kier molecular flexibility index (Phi) is 8.02. The first-order chi connectivity index (χ1) is 10.4. The van der Waals surface area contributed by atoms with E-state index >= 15 is 0 Å². The summed E-state index contributed by atoms with van der Waals surface area (Å²) < 4.78 is 22.6. The molecular formula is C16H25ClN2O3S. The molecule has 1 aliphatic rings. The third-order valence-electron chi connectivity index (χ3n) is 3.85. The molecule has 1 fully saturated rings. The maximum atomic E-state index is 11.9. The van der Waals surface area contributed by atoms with Gasteiger partial charge in [0.25, 0.3) is 0 Å². The summed E-state index contributed by atoms with van der Waals surface area (Å²) in [6, 6.07) is 7.35. The minimum Gasteiger partial charge on any atom is -0.352 e. The van der Waals surface area contributed by atoms with Crippen LogP contribution in [0, 0.1) is 5.92 Å². The van der Waals surface area contributed by atoms with Crippen LogP contribution < -0.4 is 10.6 Å². The summed E-state index contributed by atoms with van der Waals surface area (Å²) in [4.78, 5) is 11.9. The predicted octanol–water partition coefficient (Wildman–Crippen LogP) is 1.66. The van der Waals surface area contributed by atoms with Crippen LogP contribution in [0.5, 0.6) is 0 Å². The summed E-state index contributed by atoms with van der Waals surface area (Å²) in [5, 5.41) is 6.20. The van der Waals surface area contributed by atoms with Gasteiger partial charge in [-0.25, -0.2) is 8.42 Å². The number of nitrogens with one attached hydrogen (secondary N) is 2. The Morgan fingerprint density at radius 1 is 1.35 bits per heavy atom. The number of benzene rings is 1. The van der Waals surface area contributed by atoms with E-state index in [1.165, 1.54) is 6.26 Å². The fourth-order valence-corrected chi connectivity index (χ4v) is 3.50. The Balaban J connectivity index is 0.00000264. The van der Waals surface area contributed by atoms with E-state index in [-0.39, 0.29) is 24.1 Å². The SMILES string of the molecule is CS(=O)(=O)Cc1cccc(CNC(=O)CCC2CCNC2)c1.Cl. The summed E-state index contributed by atoms with van der Waals surface area (Å²) in [5.74, 6) is 0.702. The summed E-state index contributed by atoms with van der Waals surface area (Å²) in [5.41, 5.74) is 1.68. The maximum Gasteiger partial charge on any atom is 0.220 e. The number of hydrogen-bond donors (Lipinski definition) is 2. The van der Waals surface area contributed by atoms with E-state index in [1.54, 1.807) is 6.07 Å². The molecule has 1 amide bonds. The highest BCUT2D eigenvalue weighted by Crippen LogP contribution is 2.14. The first-order valence-corrected chi connectivity index (χ1v) is 9.71. The summed E-state index contributed by atoms with van der Waals surface area (Å²) >= 11 is 0. The van der Waals surface area contributed by atoms with E-state index in [9.17, 15) is 13.2 Å². The first kappa shape index (κ1) is 19.9. The van der Waals surface area contributed by atoms with Crippen LogP contribution in [0.1, 0.15) is 30.4 Å². The third kappa shape index (κ3) is 7.81. The van der Waals surface area contributed by atoms with Gasteiger partial charge in [-0.05, 0) is 43.0 Å². The number of amides is 1. The third-order valence-corrected chi connectivity index (χ3v) is 4.71. The number of carbonyl (C=O) groups is 1. The smallest absolute Gasteiger partial charge is 0.220 e. The van der Waals surface area contributed by atoms with Crippen LogP contribution in [0.4, 0.5) is 0 Å². The normalized spacial score (nSPS) is 17.5. The molecule has 1 aliphatic heterocycles. The van der Waals surface area contributed by atoms with Crippen LogP contribution in [0.2, 0.25) is 0 Å². The van der Waals surface area contributed by atoms with Gasteiger partial charge in [0.2, 0.25) is 5.91 Å². The highest BCUT2D eigenvalue weighted by Gasteiger charge is 2.15. The second kappa shape index (κ2) is 9.25. The van der Waals surface area contributed by atoms with Crippen molar-refractivity contribution in [3.8, 4) is 0 Å². The average molecular weight is 361 g/mol. The number of halogens is 1. The molecule has 130 valence electrons. The van der Waals surface area contributed by atoms with Crippen LogP contribution in [-0.2, 0) is 26.9 Å². The summed E-state index contributed by atoms with van der Waals surface area (Å²) in [6.07, 6.45) is 3.85. The van der Waals surface area contributed by atoms with Crippen LogP contribution in [0.3, 0.4) is 0 Å². The van der Waals surface area contributed by atoms with Gasteiger partial charge in [-0.2, -0.15) is 0 Å². The van der Waals surface area contributed by atoms with E-state index in [0.29, 0.717) is 18.9 Å². The van der Waals surface area contributed by atoms with Crippen molar-refractivity contribution in [2.75, 3.05) is 19.3 Å². The molecule has 1 aromatic carbocycles. The molecule has 1 heterocycles. The Morgan fingerprint density at radius 2 is 2.09 bits per heavy atom. The minimum absolute atomic E-state index is 0. The molecule has 2 N–H and O–H groups in total. The molecule has 1 saturated heterocycles. The lowest BCUT2D eigenvalue weighted by Gasteiger charge is -2.09. The van der Waals surface area contributed by atoms with Crippen LogP contribution in [-0.4, -0.2) is 33.7 Å². The van der Waals surface area contributed by atoms with E-state index in [2.05, 4.69) is 10.6 Å². The molecule has 0 saturated carbocycles. The van der Waals surface area contributed by atoms with Crippen molar-refractivity contribution >= 4 is 28.2 Å². The molecule has 5 nitrogen and oxygen atoms in total. The number of hydrogen-bond acceptors (Lipinski definition) is 4. The van der Waals surface area contributed by atoms with Crippen molar-refractivity contribution in [1.29, 1.82) is 0 Å². The van der Waals surface area contributed by atoms with Gasteiger partial charge in [0.05, 0.1) is 5.75 Å². The van der Waals surface area contributed by atoms with Gasteiger partial charge in [-0.1, -0.05) is 24.3 Å². The molecule has 1 atom stereocenters. The zero-order valence-corrected chi connectivity index (χ0v) is 15.0. The fraction of sp³-hybridized carbons (Fsp3) is 0.562. The standard InChI is InChI=1S/C16H24N2O3S.ClH/c1-22(20,21)12-15-4-2-3-14(9-15)11-18-16(19)6-5-13-7-8-17-10-13;/h2-4,9,13,17H,5-8,10-12H2,1H3,(H,18,19);1H. The second-order valence-electron chi connectivity index (χ2n) is 6.06. The highest BCUT2D eigenvalue weighted by atomic mass is 35.5. The largest absolute Gasteiger partial charge is 0.352 e. The van der Waals surface area contributed by atoms with Gasteiger partial charge in [-0.15, -0.1) is 12.4 Å². The average Bonchev–Trinajstić information content (AvgIpc) is 2.95. The van der Waals surface area contributed by atoms with Gasteiger partial charge in [0.15, 0.2) is 9.84 Å². The van der Waals surface area contributed by atoms with Crippen molar-refractivity contribution in [3.63, 3.8) is 0 Å². The second-order valence-corrected chi connectivity index (χ2v) is 8.20. The molecule has 0 radical (unpaired) electrons. The monoisotopic (exact) mass is 360 g/mol. The fourth-order valence-electron chi connectivity index (χ4n) is 2.72. The number of rotatable bonds is 7. The quantitative estimate of drug-likeness (QED) is 0.775. The van der Waals surface area contributed by atoms with E-state index in [0.717, 1.165) is 37.1 Å². The van der Waals surface area contributed by atoms with Crippen LogP contribution >= 0.6 is 12.4 Å². The van der Waals surface area contributed by atoms with Gasteiger partial charge in [0.1, 0.15) is 0 Å². The van der Waals surface area contributed by atoms with E-state index in [4.69, 9.17) is 0 Å². The Labute approximate surface area is 144 Å². The van der Waals surface area contributed by atoms with Crippen molar-refractivity contribution in [2.45, 2.75) is 31.6 Å². The van der Waals surface area contributed by atoms with Crippen molar-refractivity contribution in [3.05, 3.63) is 35.4 Å². The number of carbonyl (C=O) groups excluding carboxylic acids is 1. The Bertz CT molecular complexity index is 614. The molecule has 0 aliphatic carbocycles. The minimum atomic E-state index is -3.04. The summed E-state index contributed by atoms with van der Waals surface area (Å²) in [7, 11) is -3.04. The summed E-state index contributed by atoms with van der Waals surface area (Å²) in [6.45, 7) is 2.51. The molecule has 1 unspecified atom stereocenters. The lowest BCUT2D eigenvalue weighted by molar-refractivity contribution is -0.121. The molecule has 7 heteroatoms. The first-order valence-electron chi connectivity index (χ1n) is 7.65. The van der Waals surface area contributed by atoms with Crippen molar-refractivity contribution in [2.24, 2.45) is 5.92 Å². The molecule has 0 aromatic heterocycles. The highest BCUT2D eigenvalue weighted by molar-refractivity contribution is 7.89. The van der Waals surface area contributed by atoms with Crippen molar-refractivity contribution in [1.82, 2.24) is 10.6 Å². The molecule has 0 bridgehead atoms. The van der Waals surface area contributed by atoms with Gasteiger partial charge < -0.3 is 10.6 Å². The van der Waals surface area contributed by atoms with Crippen LogP contribution in [0.15, 0.2) is 24.3 Å². The predicted molar refractivity (Wildman–Crippen MR) is 94.3 cm³/mol. The molecular weight excluding hydrogens is 336 g/mol. The van der Waals surface area contributed by atoms with Crippen molar-refractivity contribution < 1.29 is 13.2 Å². The lowest BCUT2D eigenvalue weighted by atomic mass is 10.0. The molecule has 2 rings (SSSR count). The molecule has 23 heavy (non-hydrogen) atoms. The van der Waals surface area contributed by atoms with E-state index in [1.807, 2.05) is 18.2 Å². The maximum absolute atomic E-state index is 11.9. The zero-order chi connectivity index (χ0) is 16.0. The lowest BCUT2D eigenvalue weighted by Crippen LogP contribution is -2.23. The Hall–Kier alpha value is -1.11. The van der Waals surface area contributed by atoms with Gasteiger partial charge in [0, 0.05) is 19.2 Å². The molecule has 1 aromatic rings.